The number of halogens is 1. The van der Waals surface area contributed by atoms with Crippen molar-refractivity contribution in [1.29, 1.82) is 0 Å². The van der Waals surface area contributed by atoms with Crippen LogP contribution in [0.2, 0.25) is 0 Å². The van der Waals surface area contributed by atoms with Gasteiger partial charge in [0.15, 0.2) is 11.0 Å². The topological polar surface area (TPSA) is 132 Å². The number of benzene rings is 3. The summed E-state index contributed by atoms with van der Waals surface area (Å²) in [6.07, 6.45) is 0. The van der Waals surface area contributed by atoms with Gasteiger partial charge in [0, 0.05) is 17.8 Å². The van der Waals surface area contributed by atoms with E-state index in [0.29, 0.717) is 27.9 Å². The van der Waals surface area contributed by atoms with Gasteiger partial charge in [0.1, 0.15) is 5.82 Å². The molecule has 4 aromatic rings. The highest BCUT2D eigenvalue weighted by Crippen LogP contribution is 2.25. The highest BCUT2D eigenvalue weighted by molar-refractivity contribution is 7.99. The van der Waals surface area contributed by atoms with E-state index in [9.17, 15) is 24.1 Å². The fourth-order valence-corrected chi connectivity index (χ4v) is 4.19. The molecule has 37 heavy (non-hydrogen) atoms. The number of thioether (sulfide) groups is 1. The number of hydrogen-bond donors (Lipinski definition) is 2. The quantitative estimate of drug-likeness (QED) is 0.191. The summed E-state index contributed by atoms with van der Waals surface area (Å²) in [6.45, 7) is 1.70. The van der Waals surface area contributed by atoms with E-state index in [-0.39, 0.29) is 29.5 Å². The van der Waals surface area contributed by atoms with Gasteiger partial charge in [0.05, 0.1) is 28.5 Å². The van der Waals surface area contributed by atoms with Crippen LogP contribution in [0.15, 0.2) is 78.0 Å². The zero-order chi connectivity index (χ0) is 26.4. The van der Waals surface area contributed by atoms with Crippen molar-refractivity contribution in [3.8, 4) is 5.69 Å². The molecule has 0 saturated heterocycles. The van der Waals surface area contributed by atoms with E-state index in [2.05, 4.69) is 20.8 Å². The molecule has 10 nitrogen and oxygen atoms in total. The number of amides is 2. The van der Waals surface area contributed by atoms with Gasteiger partial charge in [-0.2, -0.15) is 0 Å². The van der Waals surface area contributed by atoms with Crippen molar-refractivity contribution in [2.45, 2.75) is 18.6 Å². The van der Waals surface area contributed by atoms with E-state index in [4.69, 9.17) is 0 Å². The average molecular weight is 521 g/mol. The van der Waals surface area contributed by atoms with Crippen molar-refractivity contribution in [3.05, 3.63) is 106 Å². The molecule has 1 aromatic heterocycles. The predicted octanol–water partition coefficient (Wildman–Crippen LogP) is 4.28. The third-order valence-corrected chi connectivity index (χ3v) is 6.21. The number of para-hydroxylation sites is 1. The number of nitrogens with one attached hydrogen (secondary N) is 2. The number of aromatic nitrogens is 3. The van der Waals surface area contributed by atoms with Crippen LogP contribution >= 0.6 is 11.8 Å². The maximum atomic E-state index is 14.0. The van der Waals surface area contributed by atoms with Crippen LogP contribution in [0.5, 0.6) is 0 Å². The molecule has 0 unspecified atom stereocenters. The Morgan fingerprint density at radius 1 is 1.05 bits per heavy atom. The van der Waals surface area contributed by atoms with Gasteiger partial charge >= 0.3 is 0 Å². The second-order valence-corrected chi connectivity index (χ2v) is 8.77. The first-order chi connectivity index (χ1) is 17.8. The molecule has 0 fully saturated rings. The minimum Gasteiger partial charge on any atom is -0.345 e. The molecule has 0 bridgehead atoms. The van der Waals surface area contributed by atoms with E-state index in [1.165, 1.54) is 30.3 Å². The number of hydrogen-bond acceptors (Lipinski definition) is 7. The lowest BCUT2D eigenvalue weighted by Gasteiger charge is -2.11. The van der Waals surface area contributed by atoms with Crippen molar-refractivity contribution in [1.82, 2.24) is 20.1 Å². The molecule has 4 rings (SSSR count). The van der Waals surface area contributed by atoms with Crippen LogP contribution in [0.1, 0.15) is 21.7 Å². The summed E-state index contributed by atoms with van der Waals surface area (Å²) in [7, 11) is 0. The van der Waals surface area contributed by atoms with E-state index < -0.39 is 16.6 Å². The molecular formula is C25H21FN6O4S. The number of non-ortho nitro benzene ring substituents is 1. The van der Waals surface area contributed by atoms with E-state index in [0.717, 1.165) is 11.8 Å². The van der Waals surface area contributed by atoms with Gasteiger partial charge in [-0.3, -0.25) is 24.3 Å². The van der Waals surface area contributed by atoms with Crippen molar-refractivity contribution >= 4 is 35.0 Å². The van der Waals surface area contributed by atoms with E-state index in [1.807, 2.05) is 30.3 Å². The van der Waals surface area contributed by atoms with Crippen LogP contribution in [-0.4, -0.2) is 37.3 Å². The van der Waals surface area contributed by atoms with Gasteiger partial charge in [0.25, 0.3) is 11.6 Å². The third-order valence-electron chi connectivity index (χ3n) is 5.28. The number of carbonyl (C=O) groups excluding carboxylic acids is 2. The second kappa shape index (κ2) is 11.4. The van der Waals surface area contributed by atoms with Gasteiger partial charge in [-0.25, -0.2) is 4.39 Å². The molecule has 0 aliphatic carbocycles. The number of nitrogens with zero attached hydrogens (tertiary/aromatic N) is 4. The van der Waals surface area contributed by atoms with Crippen molar-refractivity contribution < 1.29 is 18.9 Å². The monoisotopic (exact) mass is 520 g/mol. The zero-order valence-electron chi connectivity index (χ0n) is 19.6. The SMILES string of the molecule is Cc1ccc([N+](=O)[O-])cc1NC(=O)CSc1nnc(CNC(=O)c2ccccc2F)n1-c1ccccc1. The molecule has 0 spiro atoms. The van der Waals surface area contributed by atoms with Gasteiger partial charge in [-0.05, 0) is 36.8 Å². The molecule has 1 heterocycles. The van der Waals surface area contributed by atoms with Crippen LogP contribution in [0, 0.1) is 22.9 Å². The summed E-state index contributed by atoms with van der Waals surface area (Å²) in [5.74, 6) is -1.28. The van der Waals surface area contributed by atoms with Gasteiger partial charge in [-0.1, -0.05) is 48.2 Å². The predicted molar refractivity (Wildman–Crippen MR) is 136 cm³/mol. The number of anilines is 1. The van der Waals surface area contributed by atoms with Crippen molar-refractivity contribution in [2.24, 2.45) is 0 Å². The Balaban J connectivity index is 1.49. The summed E-state index contributed by atoms with van der Waals surface area (Å²) >= 11 is 1.11. The number of carbonyl (C=O) groups is 2. The molecule has 0 radical (unpaired) electrons. The lowest BCUT2D eigenvalue weighted by atomic mass is 10.2. The summed E-state index contributed by atoms with van der Waals surface area (Å²) in [5.41, 5.74) is 1.53. The van der Waals surface area contributed by atoms with Crippen molar-refractivity contribution in [3.63, 3.8) is 0 Å². The maximum absolute atomic E-state index is 14.0. The number of aryl methyl sites for hydroxylation is 1. The molecule has 188 valence electrons. The summed E-state index contributed by atoms with van der Waals surface area (Å²) in [5, 5.41) is 25.1. The van der Waals surface area contributed by atoms with Crippen LogP contribution < -0.4 is 10.6 Å². The lowest BCUT2D eigenvalue weighted by Crippen LogP contribution is -2.25. The highest BCUT2D eigenvalue weighted by atomic mass is 32.2. The van der Waals surface area contributed by atoms with Gasteiger partial charge in [-0.15, -0.1) is 10.2 Å². The fraction of sp³-hybridized carbons (Fsp3) is 0.120. The van der Waals surface area contributed by atoms with Gasteiger partial charge in [0.2, 0.25) is 5.91 Å². The van der Waals surface area contributed by atoms with Crippen LogP contribution in [0.3, 0.4) is 0 Å². The van der Waals surface area contributed by atoms with E-state index >= 15 is 0 Å². The smallest absolute Gasteiger partial charge is 0.271 e. The fourth-order valence-electron chi connectivity index (χ4n) is 3.42. The normalized spacial score (nSPS) is 10.6. The molecule has 3 aromatic carbocycles. The molecule has 0 aliphatic heterocycles. The summed E-state index contributed by atoms with van der Waals surface area (Å²) in [6, 6.07) is 19.0. The highest BCUT2D eigenvalue weighted by Gasteiger charge is 2.18. The Kier molecular flexibility index (Phi) is 7.89. The maximum Gasteiger partial charge on any atom is 0.271 e. The number of nitro groups is 1. The molecular weight excluding hydrogens is 499 g/mol. The van der Waals surface area contributed by atoms with Crippen LogP contribution in [-0.2, 0) is 11.3 Å². The average Bonchev–Trinajstić information content (AvgIpc) is 3.30. The molecule has 0 aliphatic rings. The molecule has 2 N–H and O–H groups in total. The van der Waals surface area contributed by atoms with Gasteiger partial charge < -0.3 is 10.6 Å². The van der Waals surface area contributed by atoms with Crippen LogP contribution in [0.25, 0.3) is 5.69 Å². The Morgan fingerprint density at radius 2 is 1.78 bits per heavy atom. The Morgan fingerprint density at radius 3 is 2.51 bits per heavy atom. The zero-order valence-corrected chi connectivity index (χ0v) is 20.4. The van der Waals surface area contributed by atoms with Crippen LogP contribution in [0.4, 0.5) is 15.8 Å². The Hall–Kier alpha value is -4.58. The standard InChI is InChI=1S/C25H21FN6O4S/c1-16-11-12-18(32(35)36)13-21(16)28-23(33)15-37-25-30-29-22(31(25)17-7-3-2-4-8-17)14-27-24(34)19-9-5-6-10-20(19)26/h2-13H,14-15H2,1H3,(H,27,34)(H,28,33). The number of nitro benzene ring substituents is 1. The minimum atomic E-state index is -0.634. The van der Waals surface area contributed by atoms with Crippen molar-refractivity contribution in [2.75, 3.05) is 11.1 Å². The number of rotatable bonds is 9. The molecule has 2 amide bonds. The Labute approximate surface area is 215 Å². The first kappa shape index (κ1) is 25.5. The summed E-state index contributed by atoms with van der Waals surface area (Å²) < 4.78 is 15.7. The summed E-state index contributed by atoms with van der Waals surface area (Å²) in [4.78, 5) is 35.6. The first-order valence-electron chi connectivity index (χ1n) is 11.0. The second-order valence-electron chi connectivity index (χ2n) is 7.83. The van der Waals surface area contributed by atoms with E-state index in [1.54, 1.807) is 23.6 Å². The third kappa shape index (κ3) is 6.16. The molecule has 0 saturated carbocycles. The minimum absolute atomic E-state index is 0.0330. The Bertz CT molecular complexity index is 1460. The molecule has 0 atom stereocenters. The largest absolute Gasteiger partial charge is 0.345 e. The molecule has 12 heteroatoms. The first-order valence-corrected chi connectivity index (χ1v) is 12.0. The lowest BCUT2D eigenvalue weighted by molar-refractivity contribution is -0.384.